The van der Waals surface area contributed by atoms with Crippen molar-refractivity contribution in [2.75, 3.05) is 39.4 Å². The highest BCUT2D eigenvalue weighted by atomic mass is 35.5. The van der Waals surface area contributed by atoms with Crippen LogP contribution in [-0.4, -0.2) is 56.3 Å². The summed E-state index contributed by atoms with van der Waals surface area (Å²) in [6, 6.07) is 5.93. The number of piperazine rings is 1. The quantitative estimate of drug-likeness (QED) is 0.887. The largest absolute Gasteiger partial charge is 0.490 e. The Morgan fingerprint density at radius 2 is 1.92 bits per heavy atom. The SMILES string of the molecule is CC(C)c1cc(OC2CCOCC2)ccc1C(=O)N1CCNCC1.Cl. The van der Waals surface area contributed by atoms with Crippen molar-refractivity contribution in [3.63, 3.8) is 0 Å². The summed E-state index contributed by atoms with van der Waals surface area (Å²) in [4.78, 5) is 14.8. The molecule has 0 bridgehead atoms. The van der Waals surface area contributed by atoms with Crippen LogP contribution in [0.25, 0.3) is 0 Å². The van der Waals surface area contributed by atoms with Gasteiger partial charge in [0, 0.05) is 44.6 Å². The molecule has 2 heterocycles. The van der Waals surface area contributed by atoms with Gasteiger partial charge in [0.25, 0.3) is 5.91 Å². The van der Waals surface area contributed by atoms with Crippen LogP contribution in [0.4, 0.5) is 0 Å². The van der Waals surface area contributed by atoms with Gasteiger partial charge in [0.15, 0.2) is 0 Å². The lowest BCUT2D eigenvalue weighted by Crippen LogP contribution is -2.46. The molecule has 0 saturated carbocycles. The minimum absolute atomic E-state index is 0. The summed E-state index contributed by atoms with van der Waals surface area (Å²) in [5.41, 5.74) is 1.88. The van der Waals surface area contributed by atoms with E-state index in [2.05, 4.69) is 25.2 Å². The van der Waals surface area contributed by atoms with E-state index in [1.54, 1.807) is 0 Å². The molecular weight excluding hydrogens is 340 g/mol. The van der Waals surface area contributed by atoms with Crippen molar-refractivity contribution in [1.82, 2.24) is 10.2 Å². The zero-order valence-electron chi connectivity index (χ0n) is 15.1. The van der Waals surface area contributed by atoms with Crippen LogP contribution in [0.3, 0.4) is 0 Å². The fourth-order valence-electron chi connectivity index (χ4n) is 3.31. The smallest absolute Gasteiger partial charge is 0.254 e. The molecule has 2 aliphatic rings. The van der Waals surface area contributed by atoms with Crippen LogP contribution in [0.5, 0.6) is 5.75 Å². The second-order valence-corrected chi connectivity index (χ2v) is 6.88. The first-order valence-electron chi connectivity index (χ1n) is 9.03. The molecule has 2 saturated heterocycles. The van der Waals surface area contributed by atoms with Crippen molar-refractivity contribution < 1.29 is 14.3 Å². The molecule has 25 heavy (non-hydrogen) atoms. The number of carbonyl (C=O) groups is 1. The van der Waals surface area contributed by atoms with E-state index >= 15 is 0 Å². The Hall–Kier alpha value is -1.30. The second kappa shape index (κ2) is 9.41. The van der Waals surface area contributed by atoms with Gasteiger partial charge in [-0.05, 0) is 29.7 Å². The lowest BCUT2D eigenvalue weighted by molar-refractivity contribution is 0.0255. The maximum atomic E-state index is 12.9. The average molecular weight is 369 g/mol. The third kappa shape index (κ3) is 5.09. The number of carbonyl (C=O) groups excluding carboxylic acids is 1. The molecule has 6 heteroatoms. The number of halogens is 1. The van der Waals surface area contributed by atoms with Crippen molar-refractivity contribution in [3.8, 4) is 5.75 Å². The standard InChI is InChI=1S/C19H28N2O3.ClH/c1-14(2)18-13-16(24-15-5-11-23-12-6-15)3-4-17(18)19(22)21-9-7-20-8-10-21;/h3-4,13-15,20H,5-12H2,1-2H3;1H. The van der Waals surface area contributed by atoms with Crippen LogP contribution in [-0.2, 0) is 4.74 Å². The lowest BCUT2D eigenvalue weighted by Gasteiger charge is -2.29. The molecule has 1 amide bonds. The highest BCUT2D eigenvalue weighted by Crippen LogP contribution is 2.27. The summed E-state index contributed by atoms with van der Waals surface area (Å²) in [6.45, 7) is 9.07. The van der Waals surface area contributed by atoms with Crippen molar-refractivity contribution in [2.45, 2.75) is 38.7 Å². The van der Waals surface area contributed by atoms with Gasteiger partial charge in [-0.1, -0.05) is 13.8 Å². The molecule has 0 aliphatic carbocycles. The lowest BCUT2D eigenvalue weighted by atomic mass is 9.95. The second-order valence-electron chi connectivity index (χ2n) is 6.88. The van der Waals surface area contributed by atoms with Gasteiger partial charge in [-0.2, -0.15) is 0 Å². The van der Waals surface area contributed by atoms with Gasteiger partial charge in [0.2, 0.25) is 0 Å². The Bertz CT molecular complexity index is 568. The zero-order valence-corrected chi connectivity index (χ0v) is 15.9. The van der Waals surface area contributed by atoms with E-state index < -0.39 is 0 Å². The van der Waals surface area contributed by atoms with Gasteiger partial charge >= 0.3 is 0 Å². The highest BCUT2D eigenvalue weighted by Gasteiger charge is 2.23. The monoisotopic (exact) mass is 368 g/mol. The highest BCUT2D eigenvalue weighted by molar-refractivity contribution is 5.96. The molecule has 2 aliphatic heterocycles. The number of hydrogen-bond acceptors (Lipinski definition) is 4. The Kier molecular flexibility index (Phi) is 7.54. The number of amides is 1. The zero-order chi connectivity index (χ0) is 16.9. The fraction of sp³-hybridized carbons (Fsp3) is 0.632. The molecular formula is C19H29ClN2O3. The van der Waals surface area contributed by atoms with E-state index in [4.69, 9.17) is 9.47 Å². The molecule has 1 aromatic carbocycles. The molecule has 2 fully saturated rings. The molecule has 0 radical (unpaired) electrons. The molecule has 1 N–H and O–H groups in total. The van der Waals surface area contributed by atoms with Crippen molar-refractivity contribution in [1.29, 1.82) is 0 Å². The van der Waals surface area contributed by atoms with Crippen LogP contribution < -0.4 is 10.1 Å². The van der Waals surface area contributed by atoms with E-state index in [0.717, 1.165) is 69.1 Å². The van der Waals surface area contributed by atoms with Gasteiger partial charge in [0.05, 0.1) is 13.2 Å². The van der Waals surface area contributed by atoms with E-state index in [-0.39, 0.29) is 30.3 Å². The Balaban J connectivity index is 0.00000225. The summed E-state index contributed by atoms with van der Waals surface area (Å²) >= 11 is 0. The van der Waals surface area contributed by atoms with Crippen molar-refractivity contribution in [2.24, 2.45) is 0 Å². The summed E-state index contributed by atoms with van der Waals surface area (Å²) in [7, 11) is 0. The molecule has 3 rings (SSSR count). The maximum Gasteiger partial charge on any atom is 0.254 e. The number of nitrogens with one attached hydrogen (secondary N) is 1. The molecule has 0 spiro atoms. The van der Waals surface area contributed by atoms with E-state index in [9.17, 15) is 4.79 Å². The first-order valence-corrected chi connectivity index (χ1v) is 9.03. The van der Waals surface area contributed by atoms with Gasteiger partial charge in [-0.25, -0.2) is 0 Å². The molecule has 0 unspecified atom stereocenters. The number of hydrogen-bond donors (Lipinski definition) is 1. The average Bonchev–Trinajstić information content (AvgIpc) is 2.62. The maximum absolute atomic E-state index is 12.9. The van der Waals surface area contributed by atoms with Crippen LogP contribution in [0.1, 0.15) is 48.5 Å². The van der Waals surface area contributed by atoms with E-state index in [0.29, 0.717) is 0 Å². The molecule has 0 atom stereocenters. The molecule has 0 aromatic heterocycles. The summed E-state index contributed by atoms with van der Waals surface area (Å²) in [5.74, 6) is 1.28. The Morgan fingerprint density at radius 3 is 2.56 bits per heavy atom. The third-order valence-corrected chi connectivity index (χ3v) is 4.75. The Labute approximate surface area is 156 Å². The number of nitrogens with zero attached hydrogens (tertiary/aromatic N) is 1. The topological polar surface area (TPSA) is 50.8 Å². The molecule has 1 aromatic rings. The normalized spacial score (nSPS) is 18.8. The third-order valence-electron chi connectivity index (χ3n) is 4.75. The van der Waals surface area contributed by atoms with Gasteiger partial charge in [0.1, 0.15) is 11.9 Å². The summed E-state index contributed by atoms with van der Waals surface area (Å²) in [5, 5.41) is 3.29. The van der Waals surface area contributed by atoms with E-state index in [1.807, 2.05) is 17.0 Å². The van der Waals surface area contributed by atoms with Gasteiger partial charge in [-0.3, -0.25) is 4.79 Å². The molecule has 140 valence electrons. The van der Waals surface area contributed by atoms with E-state index in [1.165, 1.54) is 0 Å². The first-order chi connectivity index (χ1) is 11.6. The Morgan fingerprint density at radius 1 is 1.24 bits per heavy atom. The van der Waals surface area contributed by atoms with Crippen molar-refractivity contribution >= 4 is 18.3 Å². The minimum atomic E-state index is 0. The fourth-order valence-corrected chi connectivity index (χ4v) is 3.31. The summed E-state index contributed by atoms with van der Waals surface area (Å²) in [6.07, 6.45) is 2.07. The number of rotatable bonds is 4. The van der Waals surface area contributed by atoms with Gasteiger partial charge < -0.3 is 19.7 Å². The minimum Gasteiger partial charge on any atom is -0.490 e. The summed E-state index contributed by atoms with van der Waals surface area (Å²) < 4.78 is 11.5. The van der Waals surface area contributed by atoms with Gasteiger partial charge in [-0.15, -0.1) is 12.4 Å². The number of ether oxygens (including phenoxy) is 2. The van der Waals surface area contributed by atoms with Crippen LogP contribution in [0.2, 0.25) is 0 Å². The van der Waals surface area contributed by atoms with Crippen molar-refractivity contribution in [3.05, 3.63) is 29.3 Å². The number of benzene rings is 1. The van der Waals surface area contributed by atoms with Crippen LogP contribution in [0.15, 0.2) is 18.2 Å². The first kappa shape index (κ1) is 20.0. The molecule has 5 nitrogen and oxygen atoms in total. The van der Waals surface area contributed by atoms with Crippen LogP contribution in [0, 0.1) is 0 Å². The predicted octanol–water partition coefficient (Wildman–Crippen LogP) is 2.84. The predicted molar refractivity (Wildman–Crippen MR) is 101 cm³/mol. The van der Waals surface area contributed by atoms with Crippen LogP contribution >= 0.6 is 12.4 Å².